The number of likely N-dealkylation sites (N-methyl/N-ethyl adjacent to an activating group) is 1. The molecular weight excluding hydrogens is 414 g/mol. The zero-order chi connectivity index (χ0) is 23.0. The number of aliphatic hydroxyl groups is 1. The lowest BCUT2D eigenvalue weighted by molar-refractivity contribution is -0.0161. The molecule has 32 heavy (non-hydrogen) atoms. The van der Waals surface area contributed by atoms with E-state index in [-0.39, 0.29) is 18.7 Å². The fourth-order valence-electron chi connectivity index (χ4n) is 3.68. The summed E-state index contributed by atoms with van der Waals surface area (Å²) in [7, 11) is 1.87. The molecule has 1 atom stereocenters. The van der Waals surface area contributed by atoms with Crippen molar-refractivity contribution in [1.29, 1.82) is 0 Å². The molecular formula is C24H30F2N4O2. The minimum Gasteiger partial charge on any atom is -0.494 e. The number of rotatable bonds is 12. The summed E-state index contributed by atoms with van der Waals surface area (Å²) in [5.41, 5.74) is -0.355. The number of hydrogen-bond donors (Lipinski definition) is 1. The number of benzene rings is 2. The molecule has 1 heterocycles. The third-order valence-electron chi connectivity index (χ3n) is 5.33. The molecule has 8 heteroatoms. The zero-order valence-electron chi connectivity index (χ0n) is 18.5. The van der Waals surface area contributed by atoms with Gasteiger partial charge in [0.1, 0.15) is 35.6 Å². The van der Waals surface area contributed by atoms with Crippen molar-refractivity contribution in [3.05, 3.63) is 77.9 Å². The van der Waals surface area contributed by atoms with Crippen molar-refractivity contribution in [2.24, 2.45) is 0 Å². The predicted octanol–water partition coefficient (Wildman–Crippen LogP) is 3.93. The third-order valence-corrected chi connectivity index (χ3v) is 5.33. The van der Waals surface area contributed by atoms with Gasteiger partial charge in [0.2, 0.25) is 0 Å². The van der Waals surface area contributed by atoms with Crippen molar-refractivity contribution in [2.45, 2.75) is 38.3 Å². The van der Waals surface area contributed by atoms with Crippen molar-refractivity contribution < 1.29 is 18.6 Å². The Morgan fingerprint density at radius 2 is 1.88 bits per heavy atom. The number of hydrogen-bond acceptors (Lipinski definition) is 5. The van der Waals surface area contributed by atoms with E-state index in [0.29, 0.717) is 13.2 Å². The van der Waals surface area contributed by atoms with E-state index in [4.69, 9.17) is 4.74 Å². The van der Waals surface area contributed by atoms with Crippen LogP contribution in [-0.2, 0) is 12.1 Å². The topological polar surface area (TPSA) is 63.4 Å². The molecule has 172 valence electrons. The van der Waals surface area contributed by atoms with E-state index in [1.807, 2.05) is 43.1 Å². The number of ether oxygens (including phenoxy) is 1. The number of unbranched alkanes of at least 4 members (excludes halogenated alkanes) is 2. The first-order chi connectivity index (χ1) is 15.4. The van der Waals surface area contributed by atoms with Gasteiger partial charge in [0.15, 0.2) is 0 Å². The predicted molar refractivity (Wildman–Crippen MR) is 118 cm³/mol. The molecule has 0 spiro atoms. The minimum atomic E-state index is -1.59. The Balaban J connectivity index is 1.51. The Morgan fingerprint density at radius 3 is 2.56 bits per heavy atom. The molecule has 0 amide bonds. The van der Waals surface area contributed by atoms with Gasteiger partial charge in [0.05, 0.1) is 13.2 Å². The summed E-state index contributed by atoms with van der Waals surface area (Å²) in [5, 5.41) is 15.4. The van der Waals surface area contributed by atoms with Crippen LogP contribution in [0.4, 0.5) is 8.78 Å². The van der Waals surface area contributed by atoms with Crippen LogP contribution in [0.25, 0.3) is 0 Å². The monoisotopic (exact) mass is 444 g/mol. The van der Waals surface area contributed by atoms with Gasteiger partial charge in [-0.15, -0.1) is 0 Å². The van der Waals surface area contributed by atoms with E-state index in [2.05, 4.69) is 10.1 Å². The largest absolute Gasteiger partial charge is 0.494 e. The molecule has 3 rings (SSSR count). The van der Waals surface area contributed by atoms with E-state index >= 15 is 0 Å². The van der Waals surface area contributed by atoms with Gasteiger partial charge in [-0.1, -0.05) is 23.8 Å². The summed E-state index contributed by atoms with van der Waals surface area (Å²) in [6.07, 6.45) is 5.59. The van der Waals surface area contributed by atoms with Crippen LogP contribution in [0.1, 0.15) is 30.4 Å². The molecule has 0 aliphatic rings. The summed E-state index contributed by atoms with van der Waals surface area (Å²) in [4.78, 5) is 5.83. The highest BCUT2D eigenvalue weighted by molar-refractivity contribution is 5.26. The average molecular weight is 445 g/mol. The van der Waals surface area contributed by atoms with E-state index in [1.165, 1.54) is 29.0 Å². The lowest BCUT2D eigenvalue weighted by Crippen LogP contribution is -2.43. The maximum atomic E-state index is 14.5. The summed E-state index contributed by atoms with van der Waals surface area (Å²) < 4.78 is 35.1. The second-order valence-corrected chi connectivity index (χ2v) is 8.21. The maximum Gasteiger partial charge on any atom is 0.137 e. The first-order valence-corrected chi connectivity index (χ1v) is 10.7. The van der Waals surface area contributed by atoms with Crippen LogP contribution in [0.3, 0.4) is 0 Å². The fraction of sp³-hybridized carbons (Fsp3) is 0.417. The number of aryl methyl sites for hydroxylation is 1. The van der Waals surface area contributed by atoms with E-state index in [0.717, 1.165) is 37.1 Å². The van der Waals surface area contributed by atoms with Crippen LogP contribution < -0.4 is 4.74 Å². The number of halogens is 2. The second-order valence-electron chi connectivity index (χ2n) is 8.21. The molecule has 1 N–H and O–H groups in total. The standard InChI is InChI=1S/C24H30F2N4O2/c1-19-6-9-21(10-7-19)32-13-5-3-4-12-29(2)15-24(31,16-30-18-27-17-28-30)22-11-8-20(25)14-23(22)26/h6-11,14,17-18,31H,3-5,12-13,15-16H2,1-2H3. The first kappa shape index (κ1) is 23.8. The molecule has 6 nitrogen and oxygen atoms in total. The van der Waals surface area contributed by atoms with Gasteiger partial charge in [-0.2, -0.15) is 5.10 Å². The number of aromatic nitrogens is 3. The van der Waals surface area contributed by atoms with E-state index < -0.39 is 17.2 Å². The molecule has 0 saturated heterocycles. The normalized spacial score (nSPS) is 13.3. The van der Waals surface area contributed by atoms with Crippen molar-refractivity contribution in [1.82, 2.24) is 19.7 Å². The molecule has 0 saturated carbocycles. The minimum absolute atomic E-state index is 0.00425. The van der Waals surface area contributed by atoms with Gasteiger partial charge < -0.3 is 14.7 Å². The molecule has 0 radical (unpaired) electrons. The Hall–Kier alpha value is -2.84. The van der Waals surface area contributed by atoms with Gasteiger partial charge >= 0.3 is 0 Å². The fourth-order valence-corrected chi connectivity index (χ4v) is 3.68. The Bertz CT molecular complexity index is 967. The molecule has 0 aliphatic carbocycles. The molecule has 0 aliphatic heterocycles. The second kappa shape index (κ2) is 11.2. The molecule has 1 unspecified atom stereocenters. The smallest absolute Gasteiger partial charge is 0.137 e. The number of nitrogens with zero attached hydrogens (tertiary/aromatic N) is 4. The van der Waals surface area contributed by atoms with Crippen LogP contribution in [0.15, 0.2) is 55.1 Å². The van der Waals surface area contributed by atoms with Gasteiger partial charge in [-0.05, 0) is 58.0 Å². The molecule has 0 fully saturated rings. The highest BCUT2D eigenvalue weighted by atomic mass is 19.1. The molecule has 1 aromatic heterocycles. The lowest BCUT2D eigenvalue weighted by Gasteiger charge is -2.33. The lowest BCUT2D eigenvalue weighted by atomic mass is 9.92. The summed E-state index contributed by atoms with van der Waals surface area (Å²) in [6.45, 7) is 3.56. The van der Waals surface area contributed by atoms with Crippen molar-refractivity contribution >= 4 is 0 Å². The molecule has 0 bridgehead atoms. The van der Waals surface area contributed by atoms with Crippen LogP contribution in [0, 0.1) is 18.6 Å². The third kappa shape index (κ3) is 6.83. The van der Waals surface area contributed by atoms with Crippen LogP contribution in [0.2, 0.25) is 0 Å². The van der Waals surface area contributed by atoms with E-state index in [9.17, 15) is 13.9 Å². The van der Waals surface area contributed by atoms with Crippen LogP contribution in [-0.4, -0.2) is 51.5 Å². The van der Waals surface area contributed by atoms with Crippen molar-refractivity contribution in [3.63, 3.8) is 0 Å². The Kier molecular flexibility index (Phi) is 8.30. The van der Waals surface area contributed by atoms with Gasteiger partial charge in [0.25, 0.3) is 0 Å². The summed E-state index contributed by atoms with van der Waals surface area (Å²) >= 11 is 0. The average Bonchev–Trinajstić information content (AvgIpc) is 3.24. The van der Waals surface area contributed by atoms with Crippen molar-refractivity contribution in [2.75, 3.05) is 26.7 Å². The van der Waals surface area contributed by atoms with Crippen LogP contribution in [0.5, 0.6) is 5.75 Å². The quantitative estimate of drug-likeness (QED) is 0.429. The zero-order valence-corrected chi connectivity index (χ0v) is 18.5. The molecule has 3 aromatic rings. The van der Waals surface area contributed by atoms with Gasteiger partial charge in [-0.3, -0.25) is 0 Å². The van der Waals surface area contributed by atoms with Crippen molar-refractivity contribution in [3.8, 4) is 5.75 Å². The van der Waals surface area contributed by atoms with Gasteiger partial charge in [-0.25, -0.2) is 18.4 Å². The highest BCUT2D eigenvalue weighted by Crippen LogP contribution is 2.27. The Morgan fingerprint density at radius 1 is 1.09 bits per heavy atom. The summed E-state index contributed by atoms with van der Waals surface area (Å²) in [6, 6.07) is 11.2. The van der Waals surface area contributed by atoms with Gasteiger partial charge in [0, 0.05) is 18.2 Å². The summed E-state index contributed by atoms with van der Waals surface area (Å²) in [5.74, 6) is -0.600. The van der Waals surface area contributed by atoms with Crippen LogP contribution >= 0.6 is 0 Å². The Labute approximate surface area is 187 Å². The molecule has 2 aromatic carbocycles. The van der Waals surface area contributed by atoms with E-state index in [1.54, 1.807) is 0 Å². The highest BCUT2D eigenvalue weighted by Gasteiger charge is 2.34. The maximum absolute atomic E-state index is 14.5. The first-order valence-electron chi connectivity index (χ1n) is 10.7. The SMILES string of the molecule is Cc1ccc(OCCCCCN(C)CC(O)(Cn2cncn2)c2ccc(F)cc2F)cc1.